The van der Waals surface area contributed by atoms with Crippen LogP contribution in [-0.2, 0) is 0 Å². The summed E-state index contributed by atoms with van der Waals surface area (Å²) in [5, 5.41) is 5.76. The second-order valence-electron chi connectivity index (χ2n) is 4.87. The molecule has 1 unspecified atom stereocenters. The number of ether oxygens (including phenoxy) is 2. The van der Waals surface area contributed by atoms with Gasteiger partial charge >= 0.3 is 6.03 Å². The van der Waals surface area contributed by atoms with Gasteiger partial charge in [0, 0.05) is 6.04 Å². The zero-order valence-corrected chi connectivity index (χ0v) is 12.0. The van der Waals surface area contributed by atoms with E-state index in [0.29, 0.717) is 13.2 Å². The number of nitrogens with one attached hydrogen (secondary N) is 2. The molecule has 5 heteroatoms. The van der Waals surface area contributed by atoms with Gasteiger partial charge in [0.05, 0.1) is 6.54 Å². The molecule has 0 fully saturated rings. The van der Waals surface area contributed by atoms with Crippen molar-refractivity contribution in [2.24, 2.45) is 0 Å². The van der Waals surface area contributed by atoms with E-state index < -0.39 is 0 Å². The molecule has 1 aromatic carbocycles. The van der Waals surface area contributed by atoms with E-state index in [9.17, 15) is 4.79 Å². The van der Waals surface area contributed by atoms with Crippen molar-refractivity contribution in [3.05, 3.63) is 24.3 Å². The number of fused-ring (bicyclic) bond motifs is 1. The van der Waals surface area contributed by atoms with Gasteiger partial charge in [-0.1, -0.05) is 26.0 Å². The van der Waals surface area contributed by atoms with Crippen LogP contribution in [0, 0.1) is 0 Å². The second kappa shape index (κ2) is 7.03. The lowest BCUT2D eigenvalue weighted by molar-refractivity contribution is 0.0917. The van der Waals surface area contributed by atoms with Gasteiger partial charge in [-0.25, -0.2) is 4.79 Å². The summed E-state index contributed by atoms with van der Waals surface area (Å²) < 4.78 is 11.4. The molecule has 1 aromatic rings. The fraction of sp³-hybridized carbons (Fsp3) is 0.533. The maximum Gasteiger partial charge on any atom is 0.315 e. The Morgan fingerprint density at radius 3 is 2.70 bits per heavy atom. The standard InChI is InChI=1S/C15H22N2O3/c1-3-11(4-2)17-15(18)16-9-12-10-19-13-7-5-6-8-14(13)20-12/h5-8,11-12H,3-4,9-10H2,1-2H3,(H2,16,17,18). The minimum atomic E-state index is -0.155. The minimum Gasteiger partial charge on any atom is -0.486 e. The zero-order valence-electron chi connectivity index (χ0n) is 12.0. The molecule has 110 valence electrons. The molecule has 1 atom stereocenters. The lowest BCUT2D eigenvalue weighted by atomic mass is 10.2. The van der Waals surface area contributed by atoms with Gasteiger partial charge in [-0.2, -0.15) is 0 Å². The molecule has 0 aromatic heterocycles. The first kappa shape index (κ1) is 14.5. The van der Waals surface area contributed by atoms with E-state index in [1.165, 1.54) is 0 Å². The van der Waals surface area contributed by atoms with Crippen molar-refractivity contribution in [1.29, 1.82) is 0 Å². The first-order valence-electron chi connectivity index (χ1n) is 7.15. The van der Waals surface area contributed by atoms with Crippen LogP contribution in [0.2, 0.25) is 0 Å². The summed E-state index contributed by atoms with van der Waals surface area (Å²) >= 11 is 0. The number of urea groups is 1. The molecule has 20 heavy (non-hydrogen) atoms. The molecular formula is C15H22N2O3. The number of hydrogen-bond donors (Lipinski definition) is 2. The molecule has 2 rings (SSSR count). The van der Waals surface area contributed by atoms with E-state index in [0.717, 1.165) is 24.3 Å². The fourth-order valence-corrected chi connectivity index (χ4v) is 2.10. The maximum atomic E-state index is 11.7. The van der Waals surface area contributed by atoms with Gasteiger partial charge < -0.3 is 20.1 Å². The Morgan fingerprint density at radius 1 is 1.30 bits per heavy atom. The molecule has 0 spiro atoms. The molecule has 2 amide bonds. The highest BCUT2D eigenvalue weighted by molar-refractivity contribution is 5.74. The van der Waals surface area contributed by atoms with Gasteiger partial charge in [-0.15, -0.1) is 0 Å². The monoisotopic (exact) mass is 278 g/mol. The summed E-state index contributed by atoms with van der Waals surface area (Å²) in [6.45, 7) is 5.00. The van der Waals surface area contributed by atoms with Crippen LogP contribution < -0.4 is 20.1 Å². The van der Waals surface area contributed by atoms with E-state index in [4.69, 9.17) is 9.47 Å². The highest BCUT2D eigenvalue weighted by atomic mass is 16.6. The molecule has 0 radical (unpaired) electrons. The fourth-order valence-electron chi connectivity index (χ4n) is 2.10. The number of amides is 2. The predicted octanol–water partition coefficient (Wildman–Crippen LogP) is 2.31. The van der Waals surface area contributed by atoms with Gasteiger partial charge in [-0.05, 0) is 25.0 Å². The minimum absolute atomic E-state index is 0.152. The Hall–Kier alpha value is -1.91. The van der Waals surface area contributed by atoms with Crippen molar-refractivity contribution in [1.82, 2.24) is 10.6 Å². The molecule has 1 aliphatic heterocycles. The number of rotatable bonds is 5. The summed E-state index contributed by atoms with van der Waals surface area (Å²) in [5.41, 5.74) is 0. The van der Waals surface area contributed by atoms with Crippen LogP contribution in [0.4, 0.5) is 4.79 Å². The summed E-state index contributed by atoms with van der Waals surface area (Å²) in [4.78, 5) is 11.7. The van der Waals surface area contributed by atoms with Crippen molar-refractivity contribution in [2.45, 2.75) is 38.8 Å². The van der Waals surface area contributed by atoms with Crippen molar-refractivity contribution in [2.75, 3.05) is 13.2 Å². The number of para-hydroxylation sites is 2. The van der Waals surface area contributed by atoms with Crippen molar-refractivity contribution in [3.63, 3.8) is 0 Å². The van der Waals surface area contributed by atoms with Crippen LogP contribution in [0.5, 0.6) is 11.5 Å². The third kappa shape index (κ3) is 3.79. The van der Waals surface area contributed by atoms with Gasteiger partial charge in [0.15, 0.2) is 17.6 Å². The lowest BCUT2D eigenvalue weighted by Gasteiger charge is -2.26. The second-order valence-corrected chi connectivity index (χ2v) is 4.87. The van der Waals surface area contributed by atoms with Gasteiger partial charge in [-0.3, -0.25) is 0 Å². The quantitative estimate of drug-likeness (QED) is 0.869. The van der Waals surface area contributed by atoms with Gasteiger partial charge in [0.25, 0.3) is 0 Å². The molecule has 1 heterocycles. The number of benzene rings is 1. The van der Waals surface area contributed by atoms with Crippen LogP contribution in [0.15, 0.2) is 24.3 Å². The smallest absolute Gasteiger partial charge is 0.315 e. The molecule has 0 bridgehead atoms. The highest BCUT2D eigenvalue weighted by Gasteiger charge is 2.21. The van der Waals surface area contributed by atoms with Crippen LogP contribution in [0.1, 0.15) is 26.7 Å². The highest BCUT2D eigenvalue weighted by Crippen LogP contribution is 2.30. The van der Waals surface area contributed by atoms with E-state index in [1.54, 1.807) is 0 Å². The van der Waals surface area contributed by atoms with Crippen molar-refractivity contribution >= 4 is 6.03 Å². The Morgan fingerprint density at radius 2 is 2.00 bits per heavy atom. The van der Waals surface area contributed by atoms with Gasteiger partial charge in [0.1, 0.15) is 6.61 Å². The molecular weight excluding hydrogens is 256 g/mol. The molecule has 5 nitrogen and oxygen atoms in total. The number of carbonyl (C=O) groups excluding carboxylic acids is 1. The van der Waals surface area contributed by atoms with Gasteiger partial charge in [0.2, 0.25) is 0 Å². The van der Waals surface area contributed by atoms with Crippen molar-refractivity contribution < 1.29 is 14.3 Å². The SMILES string of the molecule is CCC(CC)NC(=O)NCC1COc2ccccc2O1. The normalized spacial score (nSPS) is 16.9. The van der Waals surface area contributed by atoms with Crippen molar-refractivity contribution in [3.8, 4) is 11.5 Å². The van der Waals surface area contributed by atoms with E-state index in [1.807, 2.05) is 24.3 Å². The Balaban J connectivity index is 1.77. The van der Waals surface area contributed by atoms with E-state index >= 15 is 0 Å². The van der Waals surface area contributed by atoms with Crippen LogP contribution in [0.25, 0.3) is 0 Å². The zero-order chi connectivity index (χ0) is 14.4. The summed E-state index contributed by atoms with van der Waals surface area (Å²) in [5.74, 6) is 1.48. The molecule has 1 aliphatic rings. The summed E-state index contributed by atoms with van der Waals surface area (Å²) in [7, 11) is 0. The first-order chi connectivity index (χ1) is 9.72. The first-order valence-corrected chi connectivity index (χ1v) is 7.15. The third-order valence-electron chi connectivity index (χ3n) is 3.38. The Labute approximate surface area is 119 Å². The largest absolute Gasteiger partial charge is 0.486 e. The Kier molecular flexibility index (Phi) is 5.09. The summed E-state index contributed by atoms with van der Waals surface area (Å²) in [6.07, 6.45) is 1.71. The van der Waals surface area contributed by atoms with Crippen LogP contribution in [0.3, 0.4) is 0 Å². The molecule has 0 aliphatic carbocycles. The summed E-state index contributed by atoms with van der Waals surface area (Å²) in [6, 6.07) is 7.62. The topological polar surface area (TPSA) is 59.6 Å². The molecule has 0 saturated heterocycles. The van der Waals surface area contributed by atoms with Crippen LogP contribution in [-0.4, -0.2) is 31.3 Å². The van der Waals surface area contributed by atoms with E-state index in [-0.39, 0.29) is 18.2 Å². The molecule has 0 saturated carbocycles. The third-order valence-corrected chi connectivity index (χ3v) is 3.38. The van der Waals surface area contributed by atoms with E-state index in [2.05, 4.69) is 24.5 Å². The number of carbonyl (C=O) groups is 1. The number of hydrogen-bond acceptors (Lipinski definition) is 3. The average Bonchev–Trinajstić information content (AvgIpc) is 2.50. The Bertz CT molecular complexity index is 446. The van der Waals surface area contributed by atoms with Crippen LogP contribution >= 0.6 is 0 Å². The maximum absolute atomic E-state index is 11.7. The predicted molar refractivity (Wildman–Crippen MR) is 77.3 cm³/mol. The lowest BCUT2D eigenvalue weighted by Crippen LogP contribution is -2.47. The molecule has 2 N–H and O–H groups in total. The average molecular weight is 278 g/mol.